The lowest BCUT2D eigenvalue weighted by Crippen LogP contribution is -2.37. The molecule has 21 heavy (non-hydrogen) atoms. The van der Waals surface area contributed by atoms with Crippen LogP contribution in [0, 0.1) is 17.2 Å². The SMILES string of the molecule is CC(C)CN(c1cc(C#N)ccc1C(C)O)C1CCCC1. The Morgan fingerprint density at radius 3 is 2.48 bits per heavy atom. The second-order valence-corrected chi connectivity index (χ2v) is 6.55. The average Bonchev–Trinajstić information content (AvgIpc) is 2.97. The number of benzene rings is 1. The molecular weight excluding hydrogens is 260 g/mol. The monoisotopic (exact) mass is 286 g/mol. The molecule has 0 bridgehead atoms. The minimum absolute atomic E-state index is 0.510. The molecule has 1 fully saturated rings. The molecule has 1 N–H and O–H groups in total. The van der Waals surface area contributed by atoms with E-state index < -0.39 is 6.10 Å². The normalized spacial score (nSPS) is 17.0. The Kier molecular flexibility index (Phi) is 5.25. The molecule has 1 atom stereocenters. The van der Waals surface area contributed by atoms with Crippen LogP contribution in [0.4, 0.5) is 5.69 Å². The lowest BCUT2D eigenvalue weighted by molar-refractivity contribution is 0.199. The van der Waals surface area contributed by atoms with Crippen LogP contribution in [0.25, 0.3) is 0 Å². The van der Waals surface area contributed by atoms with E-state index in [2.05, 4.69) is 24.8 Å². The maximum atomic E-state index is 10.1. The molecule has 0 aliphatic heterocycles. The maximum absolute atomic E-state index is 10.1. The highest BCUT2D eigenvalue weighted by molar-refractivity contribution is 5.59. The summed E-state index contributed by atoms with van der Waals surface area (Å²) in [6.45, 7) is 7.21. The largest absolute Gasteiger partial charge is 0.389 e. The predicted octanol–water partition coefficient (Wildman–Crippen LogP) is 4.02. The number of nitriles is 1. The van der Waals surface area contributed by atoms with E-state index in [0.717, 1.165) is 17.8 Å². The molecule has 3 heteroatoms. The van der Waals surface area contributed by atoms with Crippen molar-refractivity contribution in [2.24, 2.45) is 5.92 Å². The van der Waals surface area contributed by atoms with E-state index in [4.69, 9.17) is 0 Å². The molecule has 0 spiro atoms. The summed E-state index contributed by atoms with van der Waals surface area (Å²) >= 11 is 0. The van der Waals surface area contributed by atoms with Crippen molar-refractivity contribution in [1.82, 2.24) is 0 Å². The first-order valence-electron chi connectivity index (χ1n) is 8.01. The van der Waals surface area contributed by atoms with Gasteiger partial charge in [0.2, 0.25) is 0 Å². The summed E-state index contributed by atoms with van der Waals surface area (Å²) in [6.07, 6.45) is 4.47. The van der Waals surface area contributed by atoms with E-state index in [1.54, 1.807) is 13.0 Å². The van der Waals surface area contributed by atoms with Gasteiger partial charge in [0, 0.05) is 23.8 Å². The number of nitrogens with zero attached hydrogens (tertiary/aromatic N) is 2. The molecule has 1 aliphatic rings. The van der Waals surface area contributed by atoms with Gasteiger partial charge in [-0.25, -0.2) is 0 Å². The Labute approximate surface area is 128 Å². The smallest absolute Gasteiger partial charge is 0.0992 e. The van der Waals surface area contributed by atoms with Crippen LogP contribution in [-0.4, -0.2) is 17.7 Å². The first-order valence-corrected chi connectivity index (χ1v) is 8.01. The van der Waals surface area contributed by atoms with Gasteiger partial charge < -0.3 is 10.0 Å². The number of aliphatic hydroxyl groups is 1. The number of hydrogen-bond acceptors (Lipinski definition) is 3. The highest BCUT2D eigenvalue weighted by Gasteiger charge is 2.26. The van der Waals surface area contributed by atoms with Crippen LogP contribution >= 0.6 is 0 Å². The fourth-order valence-electron chi connectivity index (χ4n) is 3.27. The molecule has 0 amide bonds. The second kappa shape index (κ2) is 6.95. The average molecular weight is 286 g/mol. The highest BCUT2D eigenvalue weighted by Crippen LogP contribution is 2.34. The Bertz CT molecular complexity index is 510. The van der Waals surface area contributed by atoms with E-state index in [-0.39, 0.29) is 0 Å². The van der Waals surface area contributed by atoms with Gasteiger partial charge in [-0.1, -0.05) is 32.8 Å². The molecule has 0 aromatic heterocycles. The summed E-state index contributed by atoms with van der Waals surface area (Å²) < 4.78 is 0. The fourth-order valence-corrected chi connectivity index (χ4v) is 3.27. The van der Waals surface area contributed by atoms with Gasteiger partial charge in [-0.15, -0.1) is 0 Å². The zero-order valence-corrected chi connectivity index (χ0v) is 13.3. The van der Waals surface area contributed by atoms with E-state index in [9.17, 15) is 10.4 Å². The van der Waals surface area contributed by atoms with Crippen molar-refractivity contribution in [1.29, 1.82) is 5.26 Å². The quantitative estimate of drug-likeness (QED) is 0.889. The topological polar surface area (TPSA) is 47.3 Å². The van der Waals surface area contributed by atoms with Crippen molar-refractivity contribution >= 4 is 5.69 Å². The van der Waals surface area contributed by atoms with Gasteiger partial charge >= 0.3 is 0 Å². The molecule has 1 saturated carbocycles. The Hall–Kier alpha value is -1.53. The summed E-state index contributed by atoms with van der Waals surface area (Å²) in [4.78, 5) is 2.43. The Morgan fingerprint density at radius 1 is 1.29 bits per heavy atom. The van der Waals surface area contributed by atoms with Gasteiger partial charge in [0.1, 0.15) is 0 Å². The summed E-state index contributed by atoms with van der Waals surface area (Å²) in [7, 11) is 0. The molecule has 114 valence electrons. The molecule has 0 heterocycles. The second-order valence-electron chi connectivity index (χ2n) is 6.55. The molecule has 0 radical (unpaired) electrons. The fraction of sp³-hybridized carbons (Fsp3) is 0.611. The third-order valence-corrected chi connectivity index (χ3v) is 4.25. The summed E-state index contributed by atoms with van der Waals surface area (Å²) in [6, 6.07) is 8.41. The van der Waals surface area contributed by atoms with Crippen molar-refractivity contribution in [3.8, 4) is 6.07 Å². The van der Waals surface area contributed by atoms with Crippen LogP contribution in [0.2, 0.25) is 0 Å². The van der Waals surface area contributed by atoms with Crippen molar-refractivity contribution in [3.05, 3.63) is 29.3 Å². The Morgan fingerprint density at radius 2 is 1.95 bits per heavy atom. The predicted molar refractivity (Wildman–Crippen MR) is 86.2 cm³/mol. The lowest BCUT2D eigenvalue weighted by Gasteiger charge is -2.35. The summed E-state index contributed by atoms with van der Waals surface area (Å²) in [5.41, 5.74) is 2.65. The number of hydrogen-bond donors (Lipinski definition) is 1. The van der Waals surface area contributed by atoms with Crippen LogP contribution in [0.5, 0.6) is 0 Å². The molecule has 1 aromatic carbocycles. The standard InChI is InChI=1S/C18H26N2O/c1-13(2)12-20(16-6-4-5-7-16)18-10-15(11-19)8-9-17(18)14(3)21/h8-10,13-14,16,21H,4-7,12H2,1-3H3. The van der Waals surface area contributed by atoms with Gasteiger partial charge in [0.15, 0.2) is 0 Å². The zero-order valence-electron chi connectivity index (χ0n) is 13.3. The zero-order chi connectivity index (χ0) is 15.4. The molecule has 1 aliphatic carbocycles. The summed E-state index contributed by atoms with van der Waals surface area (Å²) in [5, 5.41) is 19.3. The molecule has 0 saturated heterocycles. The lowest BCUT2D eigenvalue weighted by atomic mass is 10.0. The summed E-state index contributed by atoms with van der Waals surface area (Å²) in [5.74, 6) is 0.554. The molecular formula is C18H26N2O. The van der Waals surface area contributed by atoms with Gasteiger partial charge in [0.25, 0.3) is 0 Å². The molecule has 2 rings (SSSR count). The van der Waals surface area contributed by atoms with Crippen LogP contribution in [-0.2, 0) is 0 Å². The van der Waals surface area contributed by atoms with Gasteiger partial charge in [-0.3, -0.25) is 0 Å². The van der Waals surface area contributed by atoms with E-state index in [0.29, 0.717) is 17.5 Å². The van der Waals surface area contributed by atoms with Crippen molar-refractivity contribution in [2.75, 3.05) is 11.4 Å². The first kappa shape index (κ1) is 15.9. The minimum Gasteiger partial charge on any atom is -0.389 e. The number of anilines is 1. The highest BCUT2D eigenvalue weighted by atomic mass is 16.3. The first-order chi connectivity index (χ1) is 10.0. The van der Waals surface area contributed by atoms with Gasteiger partial charge in [-0.2, -0.15) is 5.26 Å². The number of aliphatic hydroxyl groups excluding tert-OH is 1. The van der Waals surface area contributed by atoms with Crippen molar-refractivity contribution in [2.45, 2.75) is 58.6 Å². The third-order valence-electron chi connectivity index (χ3n) is 4.25. The van der Waals surface area contributed by atoms with Crippen LogP contribution in [0.1, 0.15) is 63.7 Å². The van der Waals surface area contributed by atoms with E-state index >= 15 is 0 Å². The van der Waals surface area contributed by atoms with Crippen LogP contribution in [0.3, 0.4) is 0 Å². The number of rotatable bonds is 5. The maximum Gasteiger partial charge on any atom is 0.0992 e. The van der Waals surface area contributed by atoms with Gasteiger partial charge in [-0.05, 0) is 37.8 Å². The third kappa shape index (κ3) is 3.77. The van der Waals surface area contributed by atoms with Gasteiger partial charge in [0.05, 0.1) is 17.7 Å². The Balaban J connectivity index is 2.43. The minimum atomic E-state index is -0.510. The van der Waals surface area contributed by atoms with E-state index in [1.807, 2.05) is 12.1 Å². The van der Waals surface area contributed by atoms with E-state index in [1.165, 1.54) is 25.7 Å². The van der Waals surface area contributed by atoms with Crippen LogP contribution < -0.4 is 4.90 Å². The molecule has 1 unspecified atom stereocenters. The molecule has 3 nitrogen and oxygen atoms in total. The van der Waals surface area contributed by atoms with Crippen molar-refractivity contribution in [3.63, 3.8) is 0 Å². The van der Waals surface area contributed by atoms with Crippen molar-refractivity contribution < 1.29 is 5.11 Å². The van der Waals surface area contributed by atoms with Crippen LogP contribution in [0.15, 0.2) is 18.2 Å². The molecule has 1 aromatic rings.